The molecule has 0 atom stereocenters. The summed E-state index contributed by atoms with van der Waals surface area (Å²) >= 11 is 0. The molecule has 2 rings (SSSR count). The van der Waals surface area contributed by atoms with E-state index in [1.807, 2.05) is 6.92 Å². The van der Waals surface area contributed by atoms with E-state index in [-0.39, 0.29) is 29.0 Å². The molecule has 0 aliphatic heterocycles. The van der Waals surface area contributed by atoms with Crippen molar-refractivity contribution in [2.75, 3.05) is 6.61 Å². The highest BCUT2D eigenvalue weighted by molar-refractivity contribution is 5.65. The van der Waals surface area contributed by atoms with Crippen LogP contribution >= 0.6 is 0 Å². The van der Waals surface area contributed by atoms with E-state index in [0.29, 0.717) is 0 Å². The van der Waals surface area contributed by atoms with Gasteiger partial charge in [0.25, 0.3) is 0 Å². The summed E-state index contributed by atoms with van der Waals surface area (Å²) in [5, 5.41) is 0. The Bertz CT molecular complexity index is 678. The third-order valence-electron chi connectivity index (χ3n) is 3.09. The third kappa shape index (κ3) is 3.27. The fourth-order valence-corrected chi connectivity index (χ4v) is 1.89. The van der Waals surface area contributed by atoms with Crippen molar-refractivity contribution in [3.63, 3.8) is 0 Å². The Balaban J connectivity index is 2.34. The Labute approximate surface area is 121 Å². The molecule has 110 valence electrons. The van der Waals surface area contributed by atoms with Gasteiger partial charge in [0.2, 0.25) is 0 Å². The Hall–Kier alpha value is -2.23. The van der Waals surface area contributed by atoms with Crippen molar-refractivity contribution in [1.29, 1.82) is 0 Å². The molecule has 0 saturated heterocycles. The maximum atomic E-state index is 13.9. The van der Waals surface area contributed by atoms with Crippen LogP contribution in [0.15, 0.2) is 42.5 Å². The molecule has 4 heteroatoms. The number of hydrogen-bond donors (Lipinski definition) is 0. The molecule has 0 saturated carbocycles. The quantitative estimate of drug-likeness (QED) is 0.718. The summed E-state index contributed by atoms with van der Waals surface area (Å²) < 4.78 is 46.6. The van der Waals surface area contributed by atoms with Gasteiger partial charge in [-0.05, 0) is 37.1 Å². The molecular formula is C17H15F3O. The molecule has 0 heterocycles. The highest BCUT2D eigenvalue weighted by Crippen LogP contribution is 2.29. The molecule has 2 aromatic carbocycles. The number of halogens is 3. The van der Waals surface area contributed by atoms with Gasteiger partial charge < -0.3 is 4.74 Å². The smallest absolute Gasteiger partial charge is 0.166 e. The second-order valence-electron chi connectivity index (χ2n) is 4.58. The molecule has 1 nitrogen and oxygen atoms in total. The van der Waals surface area contributed by atoms with E-state index in [0.717, 1.165) is 6.07 Å². The van der Waals surface area contributed by atoms with E-state index in [1.165, 1.54) is 31.2 Å². The van der Waals surface area contributed by atoms with E-state index in [1.54, 1.807) is 12.2 Å². The lowest BCUT2D eigenvalue weighted by molar-refractivity contribution is 0.341. The maximum Gasteiger partial charge on any atom is 0.166 e. The Kier molecular flexibility index (Phi) is 4.68. The van der Waals surface area contributed by atoms with Gasteiger partial charge in [0.15, 0.2) is 23.2 Å². The van der Waals surface area contributed by atoms with Crippen LogP contribution in [0.2, 0.25) is 0 Å². The fraction of sp³-hybridized carbons (Fsp3) is 0.176. The largest absolute Gasteiger partial charge is 0.486 e. The first-order valence-corrected chi connectivity index (χ1v) is 6.53. The van der Waals surface area contributed by atoms with Gasteiger partial charge in [-0.15, -0.1) is 0 Å². The van der Waals surface area contributed by atoms with E-state index in [4.69, 9.17) is 4.74 Å². The SMILES string of the molecule is C/C=C\COc1ccc(-c2ccc(C)c(F)c2F)cc1F. The summed E-state index contributed by atoms with van der Waals surface area (Å²) in [5.74, 6) is -2.43. The summed E-state index contributed by atoms with van der Waals surface area (Å²) in [6.45, 7) is 3.55. The number of ether oxygens (including phenoxy) is 1. The number of hydrogen-bond acceptors (Lipinski definition) is 1. The van der Waals surface area contributed by atoms with Crippen molar-refractivity contribution in [1.82, 2.24) is 0 Å². The lowest BCUT2D eigenvalue weighted by atomic mass is 10.0. The first kappa shape index (κ1) is 15.2. The maximum absolute atomic E-state index is 13.9. The van der Waals surface area contributed by atoms with Crippen LogP contribution in [-0.4, -0.2) is 6.61 Å². The van der Waals surface area contributed by atoms with Crippen molar-refractivity contribution in [2.24, 2.45) is 0 Å². The first-order valence-electron chi connectivity index (χ1n) is 6.53. The van der Waals surface area contributed by atoms with Crippen molar-refractivity contribution in [3.8, 4) is 16.9 Å². The number of aryl methyl sites for hydroxylation is 1. The summed E-state index contributed by atoms with van der Waals surface area (Å²) in [7, 11) is 0. The molecular weight excluding hydrogens is 277 g/mol. The van der Waals surface area contributed by atoms with Gasteiger partial charge in [0.05, 0.1) is 0 Å². The predicted octanol–water partition coefficient (Wildman–Crippen LogP) is 5.03. The van der Waals surface area contributed by atoms with Crippen LogP contribution < -0.4 is 4.74 Å². The van der Waals surface area contributed by atoms with E-state index < -0.39 is 17.5 Å². The average molecular weight is 292 g/mol. The molecule has 0 aromatic heterocycles. The van der Waals surface area contributed by atoms with E-state index in [2.05, 4.69) is 0 Å². The summed E-state index contributed by atoms with van der Waals surface area (Å²) in [6.07, 6.45) is 3.53. The van der Waals surface area contributed by atoms with Crippen molar-refractivity contribution in [3.05, 3.63) is 65.5 Å². The molecule has 0 unspecified atom stereocenters. The molecule has 0 aliphatic carbocycles. The van der Waals surface area contributed by atoms with Crippen LogP contribution in [0, 0.1) is 24.4 Å². The van der Waals surface area contributed by atoms with Gasteiger partial charge in [0.1, 0.15) is 6.61 Å². The van der Waals surface area contributed by atoms with Crippen LogP contribution in [0.3, 0.4) is 0 Å². The van der Waals surface area contributed by atoms with Gasteiger partial charge >= 0.3 is 0 Å². The van der Waals surface area contributed by atoms with Gasteiger partial charge in [-0.3, -0.25) is 0 Å². The molecule has 0 radical (unpaired) electrons. The van der Waals surface area contributed by atoms with Crippen molar-refractivity contribution in [2.45, 2.75) is 13.8 Å². The second-order valence-corrected chi connectivity index (χ2v) is 4.58. The molecule has 0 fully saturated rings. The highest BCUT2D eigenvalue weighted by atomic mass is 19.2. The monoisotopic (exact) mass is 292 g/mol. The Morgan fingerprint density at radius 2 is 1.81 bits per heavy atom. The van der Waals surface area contributed by atoms with Gasteiger partial charge in [-0.1, -0.05) is 30.4 Å². The standard InChI is InChI=1S/C17H15F3O/c1-3-4-9-21-15-8-6-12(10-14(15)18)13-7-5-11(2)16(19)17(13)20/h3-8,10H,9H2,1-2H3/b4-3-. The minimum atomic E-state index is -0.975. The van der Waals surface area contributed by atoms with Gasteiger partial charge in [-0.2, -0.15) is 0 Å². The van der Waals surface area contributed by atoms with Crippen LogP contribution in [0.25, 0.3) is 11.1 Å². The zero-order valence-electron chi connectivity index (χ0n) is 11.8. The topological polar surface area (TPSA) is 9.23 Å². The fourth-order valence-electron chi connectivity index (χ4n) is 1.89. The zero-order valence-corrected chi connectivity index (χ0v) is 11.8. The molecule has 0 aliphatic rings. The van der Waals surface area contributed by atoms with Crippen LogP contribution in [-0.2, 0) is 0 Å². The van der Waals surface area contributed by atoms with Crippen LogP contribution in [0.4, 0.5) is 13.2 Å². The second kappa shape index (κ2) is 6.48. The summed E-state index contributed by atoms with van der Waals surface area (Å²) in [4.78, 5) is 0. The van der Waals surface area contributed by atoms with E-state index >= 15 is 0 Å². The van der Waals surface area contributed by atoms with Crippen molar-refractivity contribution < 1.29 is 17.9 Å². The lowest BCUT2D eigenvalue weighted by Crippen LogP contribution is -1.97. The Morgan fingerprint density at radius 3 is 2.48 bits per heavy atom. The highest BCUT2D eigenvalue weighted by Gasteiger charge is 2.14. The molecule has 21 heavy (non-hydrogen) atoms. The molecule has 2 aromatic rings. The number of rotatable bonds is 4. The molecule has 0 amide bonds. The van der Waals surface area contributed by atoms with Crippen molar-refractivity contribution >= 4 is 0 Å². The first-order chi connectivity index (χ1) is 10.0. The molecule has 0 spiro atoms. The molecule has 0 N–H and O–H groups in total. The third-order valence-corrected chi connectivity index (χ3v) is 3.09. The normalized spacial score (nSPS) is 11.1. The number of allylic oxidation sites excluding steroid dienone is 1. The zero-order chi connectivity index (χ0) is 15.4. The Morgan fingerprint density at radius 1 is 1.05 bits per heavy atom. The van der Waals surface area contributed by atoms with Crippen LogP contribution in [0.1, 0.15) is 12.5 Å². The minimum Gasteiger partial charge on any atom is -0.486 e. The minimum absolute atomic E-state index is 0.0250. The van der Waals surface area contributed by atoms with Crippen LogP contribution in [0.5, 0.6) is 5.75 Å². The predicted molar refractivity (Wildman–Crippen MR) is 76.8 cm³/mol. The van der Waals surface area contributed by atoms with Gasteiger partial charge in [-0.25, -0.2) is 13.2 Å². The van der Waals surface area contributed by atoms with Gasteiger partial charge in [0, 0.05) is 5.56 Å². The summed E-state index contributed by atoms with van der Waals surface area (Å²) in [5.41, 5.74) is 0.502. The summed E-state index contributed by atoms with van der Waals surface area (Å²) in [6, 6.07) is 6.94. The average Bonchev–Trinajstić information content (AvgIpc) is 2.47. The molecule has 0 bridgehead atoms. The lowest BCUT2D eigenvalue weighted by Gasteiger charge is -2.09. The van der Waals surface area contributed by atoms with E-state index in [9.17, 15) is 13.2 Å². The number of benzene rings is 2.